The molecule has 2 saturated carbocycles. The van der Waals surface area contributed by atoms with Crippen LogP contribution in [0.3, 0.4) is 0 Å². The molecule has 4 aliphatic heterocycles. The molecule has 6 heterocycles. The maximum Gasteiger partial charge on any atom is 0.341 e. The number of piperazine rings is 1. The lowest BCUT2D eigenvalue weighted by Gasteiger charge is -2.47. The molecule has 6 aliphatic rings. The fraction of sp³-hybridized carbons (Fsp3) is 0.620. The number of carbonyl (C=O) groups is 2. The predicted molar refractivity (Wildman–Crippen MR) is 277 cm³/mol. The Bertz CT molecular complexity index is 2900. The summed E-state index contributed by atoms with van der Waals surface area (Å²) in [4.78, 5) is 43.2. The first-order valence-corrected chi connectivity index (χ1v) is 26.6. The summed E-state index contributed by atoms with van der Waals surface area (Å²) >= 11 is 0. The molecule has 30 heteroatoms. The number of halogens is 1. The molecule has 6 fully saturated rings. The number of carbonyl (C=O) groups excluding carboxylic acids is 1. The highest BCUT2D eigenvalue weighted by atomic mass is 19.1. The third-order valence-electron chi connectivity index (χ3n) is 16.0. The number of hydrogen-bond acceptors (Lipinski definition) is 25. The fourth-order valence-corrected chi connectivity index (χ4v) is 11.1. The van der Waals surface area contributed by atoms with Gasteiger partial charge in [-0.15, -0.1) is 5.10 Å². The van der Waals surface area contributed by atoms with Crippen LogP contribution in [0.15, 0.2) is 53.6 Å². The molecule has 29 nitrogen and oxygen atoms in total. The lowest BCUT2D eigenvalue weighted by atomic mass is 9.84. The van der Waals surface area contributed by atoms with Gasteiger partial charge in [0, 0.05) is 86.8 Å². The highest BCUT2D eigenvalue weighted by Gasteiger charge is 2.56. The highest BCUT2D eigenvalue weighted by molar-refractivity contribution is 5.95. The molecule has 2 aromatic heterocycles. The number of benzene rings is 2. The van der Waals surface area contributed by atoms with Crippen LogP contribution in [0.2, 0.25) is 0 Å². The third kappa shape index (κ3) is 11.6. The molecule has 4 aromatic rings. The van der Waals surface area contributed by atoms with Gasteiger partial charge in [-0.05, 0) is 43.5 Å². The zero-order valence-corrected chi connectivity index (χ0v) is 43.3. The number of aromatic carboxylic acids is 1. The van der Waals surface area contributed by atoms with E-state index in [1.165, 1.54) is 6.20 Å². The van der Waals surface area contributed by atoms with E-state index in [4.69, 9.17) is 62.8 Å². The van der Waals surface area contributed by atoms with E-state index < -0.39 is 139 Å². The number of nitrogens with two attached hydrogens (primary N) is 6. The molecular weight excluding hydrogens is 1060 g/mol. The van der Waals surface area contributed by atoms with Gasteiger partial charge in [0.05, 0.1) is 42.1 Å². The van der Waals surface area contributed by atoms with Crippen molar-refractivity contribution in [3.05, 3.63) is 70.4 Å². The minimum absolute atomic E-state index is 0.00325. The zero-order chi connectivity index (χ0) is 57.0. The first-order valence-electron chi connectivity index (χ1n) is 26.6. The number of aliphatic hydroxyl groups excluding tert-OH is 6. The van der Waals surface area contributed by atoms with Crippen LogP contribution in [0.5, 0.6) is 0 Å². The number of ether oxygens (including phenoxy) is 6. The Morgan fingerprint density at radius 2 is 1.34 bits per heavy atom. The van der Waals surface area contributed by atoms with E-state index in [-0.39, 0.29) is 42.2 Å². The number of carboxylic acids is 1. The minimum Gasteiger partial charge on any atom is -0.477 e. The summed E-state index contributed by atoms with van der Waals surface area (Å²) < 4.78 is 55.2. The number of hydrogen-bond donors (Lipinski definition) is 14. The Labute approximate surface area is 455 Å². The second kappa shape index (κ2) is 23.9. The number of aromatic nitrogens is 4. The van der Waals surface area contributed by atoms with Crippen molar-refractivity contribution in [2.24, 2.45) is 34.4 Å². The van der Waals surface area contributed by atoms with Crippen LogP contribution in [-0.4, -0.2) is 234 Å². The summed E-state index contributed by atoms with van der Waals surface area (Å²) in [6, 6.07) is 4.74. The van der Waals surface area contributed by atoms with Gasteiger partial charge in [-0.25, -0.2) is 9.18 Å². The van der Waals surface area contributed by atoms with E-state index in [2.05, 4.69) is 20.5 Å². The molecule has 80 heavy (non-hydrogen) atoms. The maximum atomic E-state index is 15.6. The molecule has 0 spiro atoms. The molecule has 20 N–H and O–H groups in total. The summed E-state index contributed by atoms with van der Waals surface area (Å²) in [6.45, 7) is 2.84. The van der Waals surface area contributed by atoms with Crippen molar-refractivity contribution < 1.29 is 78.1 Å². The van der Waals surface area contributed by atoms with Gasteiger partial charge in [0.1, 0.15) is 78.1 Å². The van der Waals surface area contributed by atoms with Gasteiger partial charge in [-0.1, -0.05) is 17.3 Å². The Hall–Kier alpha value is -5.30. The molecule has 0 radical (unpaired) electrons. The van der Waals surface area contributed by atoms with E-state index >= 15 is 4.39 Å². The largest absolute Gasteiger partial charge is 0.477 e. The number of rotatable bonds is 17. The SMILES string of the molecule is NC[C@@H]1O[C@@H](O[C@H]2[C@@H](O)[C@H](O[C@H]3[C@@H](O)[C@H](N)C[C@H](N)[C@H]3O[C@H]3O[C@H](CN)[C@@H](O)[C@H](O)[C@H]3N)O[C@@H]2C(=O)Nc2ccc(-c3cn(CCN4CCN(c5cc6c(cc5F)c(=O)c(C(=O)O)cn6C5CC5)CC4)nn3)cc2)[C@H](N)[C@@H](O)[C@@H]1O. The van der Waals surface area contributed by atoms with Crippen molar-refractivity contribution in [1.29, 1.82) is 0 Å². The summed E-state index contributed by atoms with van der Waals surface area (Å²) in [5, 5.41) is 86.8. The molecule has 19 atom stereocenters. The van der Waals surface area contributed by atoms with Crippen LogP contribution in [0, 0.1) is 5.82 Å². The average Bonchev–Trinajstić information content (AvgIpc) is 4.16. The van der Waals surface area contributed by atoms with Crippen LogP contribution in [0.25, 0.3) is 22.2 Å². The Morgan fingerprint density at radius 3 is 1.94 bits per heavy atom. The first kappa shape index (κ1) is 57.9. The summed E-state index contributed by atoms with van der Waals surface area (Å²) in [5.41, 5.74) is 37.9. The van der Waals surface area contributed by atoms with E-state index in [9.17, 15) is 50.1 Å². The Morgan fingerprint density at radius 1 is 0.725 bits per heavy atom. The van der Waals surface area contributed by atoms with Crippen molar-refractivity contribution >= 4 is 34.2 Å². The number of carboxylic acid groups (broad SMARTS) is 1. The second-order valence-electron chi connectivity index (χ2n) is 21.3. The monoisotopic (exact) mass is 1130 g/mol. The molecule has 438 valence electrons. The van der Waals surface area contributed by atoms with Gasteiger partial charge in [0.15, 0.2) is 25.0 Å². The van der Waals surface area contributed by atoms with Crippen LogP contribution >= 0.6 is 0 Å². The van der Waals surface area contributed by atoms with E-state index in [1.54, 1.807) is 45.8 Å². The van der Waals surface area contributed by atoms with E-state index in [0.29, 0.717) is 61.7 Å². The normalized spacial score (nSPS) is 36.1. The molecule has 2 aromatic carbocycles. The van der Waals surface area contributed by atoms with Crippen molar-refractivity contribution in [3.8, 4) is 11.3 Å². The van der Waals surface area contributed by atoms with Gasteiger partial charge >= 0.3 is 5.97 Å². The Balaban J connectivity index is 0.787. The van der Waals surface area contributed by atoms with Gasteiger partial charge in [-0.3, -0.25) is 19.2 Å². The number of aliphatic hydroxyl groups is 6. The topological polar surface area (TPSA) is 458 Å². The molecule has 0 bridgehead atoms. The van der Waals surface area contributed by atoms with Gasteiger partial charge < -0.3 is 113 Å². The molecule has 10 rings (SSSR count). The smallest absolute Gasteiger partial charge is 0.341 e. The zero-order valence-electron chi connectivity index (χ0n) is 43.3. The van der Waals surface area contributed by atoms with Gasteiger partial charge in [0.25, 0.3) is 5.91 Å². The number of pyridine rings is 1. The second-order valence-corrected chi connectivity index (χ2v) is 21.3. The maximum absolute atomic E-state index is 15.6. The molecule has 4 saturated heterocycles. The molecule has 1 amide bonds. The van der Waals surface area contributed by atoms with Crippen molar-refractivity contribution in [3.63, 3.8) is 0 Å². The molecular formula is C50H70FN13O16. The highest BCUT2D eigenvalue weighted by Crippen LogP contribution is 2.39. The molecule has 0 unspecified atom stereocenters. The van der Waals surface area contributed by atoms with E-state index in [0.717, 1.165) is 18.9 Å². The summed E-state index contributed by atoms with van der Waals surface area (Å²) in [6.07, 6.45) is -17.8. The van der Waals surface area contributed by atoms with Crippen molar-refractivity contribution in [2.75, 3.05) is 56.0 Å². The van der Waals surface area contributed by atoms with Crippen LogP contribution in [0.4, 0.5) is 15.8 Å². The van der Waals surface area contributed by atoms with Crippen LogP contribution < -0.4 is 50.0 Å². The standard InChI is InChI=1S/C50H70FN13O16/c51-25-13-23-29(64(22-5-6-22)18-24(35(23)65)47(73)74)15-30(25)62-10-7-61(8-11-62)9-12-63-19-28(59-60-63)20-1-3-21(4-2-20)58-46(72)45-44(78-49-34(57)40(70)38(68)32(17-53)76-49)41(71)50(80-45)79-43-36(66)26(54)14-27(55)42(43)77-48-33(56)39(69)37(67)31(16-52)75-48/h1-4,13,15,18-19,22,26-27,31-34,36-45,48-50,66-71H,5-12,14,16-17,52-57H2,(H,58,72)(H,73,74)/t26-,27+,31-,32+,33-,34-,36+,37-,38-,39-,40-,41-,42-,43+,44+,45+,48-,49+,50-/m1/s1. The number of nitrogens with zero attached hydrogens (tertiary/aromatic N) is 6. The summed E-state index contributed by atoms with van der Waals surface area (Å²) in [5.74, 6) is -2.80. The number of anilines is 2. The van der Waals surface area contributed by atoms with E-state index in [1.807, 2.05) is 4.90 Å². The van der Waals surface area contributed by atoms with Gasteiger partial charge in [-0.2, -0.15) is 0 Å². The lowest BCUT2D eigenvalue weighted by molar-refractivity contribution is -0.306. The predicted octanol–water partition coefficient (Wildman–Crippen LogP) is -5.68. The first-order chi connectivity index (χ1) is 38.2. The number of nitrogens with one attached hydrogen (secondary N) is 1. The van der Waals surface area contributed by atoms with Crippen molar-refractivity contribution in [2.45, 2.75) is 148 Å². The van der Waals surface area contributed by atoms with Crippen LogP contribution in [0.1, 0.15) is 35.7 Å². The lowest BCUT2D eigenvalue weighted by Crippen LogP contribution is -2.68. The molecule has 2 aliphatic carbocycles. The fourth-order valence-electron chi connectivity index (χ4n) is 11.1. The minimum atomic E-state index is -1.86. The number of fused-ring (bicyclic) bond motifs is 1. The van der Waals surface area contributed by atoms with Gasteiger partial charge in [0.2, 0.25) is 5.43 Å². The average molecular weight is 1130 g/mol. The number of amides is 1. The summed E-state index contributed by atoms with van der Waals surface area (Å²) in [7, 11) is 0. The Kier molecular flexibility index (Phi) is 17.3. The van der Waals surface area contributed by atoms with Crippen molar-refractivity contribution in [1.82, 2.24) is 24.5 Å². The quantitative estimate of drug-likeness (QED) is 0.0469. The van der Waals surface area contributed by atoms with Crippen LogP contribution in [-0.2, 0) is 39.8 Å². The third-order valence-corrected chi connectivity index (χ3v) is 16.0.